The number of halogens is 1. The van der Waals surface area contributed by atoms with Crippen molar-refractivity contribution < 1.29 is 9.59 Å². The lowest BCUT2D eigenvalue weighted by Gasteiger charge is -2.42. The molecule has 2 aromatic rings. The Morgan fingerprint density at radius 2 is 1.62 bits per heavy atom. The zero-order valence-electron chi connectivity index (χ0n) is 20.3. The van der Waals surface area contributed by atoms with Gasteiger partial charge in [-0.2, -0.15) is 0 Å². The van der Waals surface area contributed by atoms with E-state index in [4.69, 9.17) is 11.6 Å². The number of nitrogens with one attached hydrogen (secondary N) is 1. The van der Waals surface area contributed by atoms with Crippen LogP contribution < -0.4 is 0 Å². The number of hydrogen-bond donors (Lipinski definition) is 1. The number of carbonyl (C=O) groups excluding carboxylic acids is 2. The number of piperazine rings is 1. The number of rotatable bonds is 4. The van der Waals surface area contributed by atoms with Crippen LogP contribution in [0.1, 0.15) is 62.4 Å². The average molecular weight is 485 g/mol. The van der Waals surface area contributed by atoms with E-state index in [9.17, 15) is 9.59 Å². The first-order valence-electron chi connectivity index (χ1n) is 13.1. The second-order valence-corrected chi connectivity index (χ2v) is 10.9. The van der Waals surface area contributed by atoms with Gasteiger partial charge >= 0.3 is 0 Å². The van der Waals surface area contributed by atoms with Crippen LogP contribution in [0.4, 0.5) is 0 Å². The molecule has 1 atom stereocenters. The molecule has 3 heterocycles. The molecule has 1 N–H and O–H groups in total. The molecule has 5 rings (SSSR count). The molecule has 3 aliphatic rings. The number of amides is 2. The third kappa shape index (κ3) is 4.99. The van der Waals surface area contributed by atoms with Crippen LogP contribution in [0.5, 0.6) is 0 Å². The highest BCUT2D eigenvalue weighted by Crippen LogP contribution is 2.29. The number of aromatic nitrogens is 1. The first-order chi connectivity index (χ1) is 16.5. The third-order valence-electron chi connectivity index (χ3n) is 8.45. The summed E-state index contributed by atoms with van der Waals surface area (Å²) in [6, 6.07) is 8.23. The number of hydrogen-bond acceptors (Lipinski definition) is 3. The van der Waals surface area contributed by atoms with Gasteiger partial charge in [0.2, 0.25) is 5.91 Å². The molecule has 2 amide bonds. The molecular formula is C27H37ClN4O2. The zero-order valence-corrected chi connectivity index (χ0v) is 21.0. The van der Waals surface area contributed by atoms with Crippen LogP contribution in [0.2, 0.25) is 5.02 Å². The number of aromatic amines is 1. The normalized spacial score (nSPS) is 22.3. The standard InChI is InChI=1S/C27H37ClN4O2/c1-19(26(33)32-15-13-30(14-16-32)23-5-3-2-4-6-23)20-9-11-31(12-10-20)27(34)25-18-21-17-22(28)7-8-24(21)29-25/h7-8,17-20,23,29H,2-6,9-16H2,1H3. The van der Waals surface area contributed by atoms with E-state index in [2.05, 4.69) is 21.7 Å². The fourth-order valence-corrected chi connectivity index (χ4v) is 6.42. The summed E-state index contributed by atoms with van der Waals surface area (Å²) in [5.74, 6) is 0.701. The minimum Gasteiger partial charge on any atom is -0.351 e. The molecule has 1 aromatic heterocycles. The molecule has 184 valence electrons. The molecule has 7 heteroatoms. The molecule has 1 saturated carbocycles. The molecule has 0 spiro atoms. The summed E-state index contributed by atoms with van der Waals surface area (Å²) < 4.78 is 0. The van der Waals surface area contributed by atoms with E-state index in [0.29, 0.717) is 35.6 Å². The SMILES string of the molecule is CC(C(=O)N1CCN(C2CCCCC2)CC1)C1CCN(C(=O)c2cc3cc(Cl)ccc3[nH]2)CC1. The van der Waals surface area contributed by atoms with E-state index in [1.807, 2.05) is 29.2 Å². The molecule has 0 radical (unpaired) electrons. The summed E-state index contributed by atoms with van der Waals surface area (Å²) in [7, 11) is 0. The van der Waals surface area contributed by atoms with E-state index < -0.39 is 0 Å². The highest BCUT2D eigenvalue weighted by atomic mass is 35.5. The van der Waals surface area contributed by atoms with Crippen molar-refractivity contribution in [3.05, 3.63) is 35.0 Å². The minimum atomic E-state index is 0.0219. The molecule has 6 nitrogen and oxygen atoms in total. The minimum absolute atomic E-state index is 0.0219. The first kappa shape index (κ1) is 23.7. The van der Waals surface area contributed by atoms with Gasteiger partial charge in [0.05, 0.1) is 0 Å². The lowest BCUT2D eigenvalue weighted by atomic mass is 9.84. The Kier molecular flexibility index (Phi) is 7.16. The summed E-state index contributed by atoms with van der Waals surface area (Å²) in [6.45, 7) is 7.26. The van der Waals surface area contributed by atoms with Crippen molar-refractivity contribution in [1.29, 1.82) is 0 Å². The van der Waals surface area contributed by atoms with Gasteiger partial charge in [0, 0.05) is 67.2 Å². The molecule has 2 saturated heterocycles. The van der Waals surface area contributed by atoms with E-state index >= 15 is 0 Å². The molecule has 2 aliphatic heterocycles. The number of carbonyl (C=O) groups is 2. The van der Waals surface area contributed by atoms with Crippen molar-refractivity contribution in [2.75, 3.05) is 39.3 Å². The topological polar surface area (TPSA) is 59.7 Å². The maximum Gasteiger partial charge on any atom is 0.270 e. The summed E-state index contributed by atoms with van der Waals surface area (Å²) in [4.78, 5) is 36.2. The second-order valence-electron chi connectivity index (χ2n) is 10.5. The summed E-state index contributed by atoms with van der Waals surface area (Å²) in [5, 5.41) is 1.62. The second kappa shape index (κ2) is 10.3. The van der Waals surface area contributed by atoms with Crippen molar-refractivity contribution in [3.8, 4) is 0 Å². The van der Waals surface area contributed by atoms with Crippen LogP contribution in [0, 0.1) is 11.8 Å². The van der Waals surface area contributed by atoms with Crippen molar-refractivity contribution in [3.63, 3.8) is 0 Å². The number of likely N-dealkylation sites (tertiary alicyclic amines) is 1. The fourth-order valence-electron chi connectivity index (χ4n) is 6.23. The largest absolute Gasteiger partial charge is 0.351 e. The Bertz CT molecular complexity index is 1010. The summed E-state index contributed by atoms with van der Waals surface area (Å²) >= 11 is 6.08. The predicted molar refractivity (Wildman–Crippen MR) is 136 cm³/mol. The van der Waals surface area contributed by atoms with Gasteiger partial charge in [-0.1, -0.05) is 37.8 Å². The third-order valence-corrected chi connectivity index (χ3v) is 8.69. The quantitative estimate of drug-likeness (QED) is 0.679. The number of nitrogens with zero attached hydrogens (tertiary/aromatic N) is 3. The van der Waals surface area contributed by atoms with Gasteiger partial charge in [-0.15, -0.1) is 0 Å². The van der Waals surface area contributed by atoms with E-state index in [0.717, 1.165) is 56.0 Å². The molecule has 1 aliphatic carbocycles. The Hall–Kier alpha value is -2.05. The Morgan fingerprint density at radius 3 is 2.32 bits per heavy atom. The van der Waals surface area contributed by atoms with Crippen molar-refractivity contribution in [2.45, 2.75) is 57.9 Å². The zero-order chi connectivity index (χ0) is 23.7. The Balaban J connectivity index is 1.11. The Labute approximate surface area is 207 Å². The van der Waals surface area contributed by atoms with Crippen molar-refractivity contribution >= 4 is 34.3 Å². The average Bonchev–Trinajstić information content (AvgIpc) is 3.31. The lowest BCUT2D eigenvalue weighted by Crippen LogP contribution is -2.54. The first-order valence-corrected chi connectivity index (χ1v) is 13.5. The van der Waals surface area contributed by atoms with Crippen LogP contribution in [0.25, 0.3) is 10.9 Å². The predicted octanol–water partition coefficient (Wildman–Crippen LogP) is 4.79. The molecule has 1 aromatic carbocycles. The summed E-state index contributed by atoms with van der Waals surface area (Å²) in [6.07, 6.45) is 8.52. The Morgan fingerprint density at radius 1 is 0.912 bits per heavy atom. The number of fused-ring (bicyclic) bond motifs is 1. The van der Waals surface area contributed by atoms with Gasteiger partial charge in [0.25, 0.3) is 5.91 Å². The smallest absolute Gasteiger partial charge is 0.270 e. The molecular weight excluding hydrogens is 448 g/mol. The molecule has 1 unspecified atom stereocenters. The highest BCUT2D eigenvalue weighted by Gasteiger charge is 2.34. The van der Waals surface area contributed by atoms with Gasteiger partial charge < -0.3 is 14.8 Å². The van der Waals surface area contributed by atoms with Crippen molar-refractivity contribution in [1.82, 2.24) is 19.7 Å². The number of benzene rings is 1. The molecule has 34 heavy (non-hydrogen) atoms. The van der Waals surface area contributed by atoms with Gasteiger partial charge in [-0.3, -0.25) is 14.5 Å². The monoisotopic (exact) mass is 484 g/mol. The summed E-state index contributed by atoms with van der Waals surface area (Å²) in [5.41, 5.74) is 1.53. The maximum atomic E-state index is 13.3. The van der Waals surface area contributed by atoms with Crippen LogP contribution in [0.15, 0.2) is 24.3 Å². The lowest BCUT2D eigenvalue weighted by molar-refractivity contribution is -0.139. The molecule has 0 bridgehead atoms. The van der Waals surface area contributed by atoms with Crippen LogP contribution in [0.3, 0.4) is 0 Å². The van der Waals surface area contributed by atoms with Gasteiger partial charge in [-0.05, 0) is 55.9 Å². The van der Waals surface area contributed by atoms with Crippen LogP contribution in [-0.2, 0) is 4.79 Å². The van der Waals surface area contributed by atoms with Gasteiger partial charge in [0.1, 0.15) is 5.69 Å². The number of piperidine rings is 1. The van der Waals surface area contributed by atoms with Gasteiger partial charge in [-0.25, -0.2) is 0 Å². The fraction of sp³-hybridized carbons (Fsp3) is 0.630. The van der Waals surface area contributed by atoms with E-state index in [-0.39, 0.29) is 11.8 Å². The highest BCUT2D eigenvalue weighted by molar-refractivity contribution is 6.31. The van der Waals surface area contributed by atoms with Gasteiger partial charge in [0.15, 0.2) is 0 Å². The van der Waals surface area contributed by atoms with Crippen LogP contribution in [-0.4, -0.2) is 76.8 Å². The van der Waals surface area contributed by atoms with Crippen molar-refractivity contribution in [2.24, 2.45) is 11.8 Å². The maximum absolute atomic E-state index is 13.3. The van der Waals surface area contributed by atoms with E-state index in [1.54, 1.807) is 0 Å². The molecule has 3 fully saturated rings. The van der Waals surface area contributed by atoms with E-state index in [1.165, 1.54) is 32.1 Å². The number of H-pyrrole nitrogens is 1. The van der Waals surface area contributed by atoms with Crippen LogP contribution >= 0.6 is 11.6 Å².